The third-order valence-corrected chi connectivity index (χ3v) is 11.1. The normalized spacial score (nSPS) is 11.6. The first-order valence-electron chi connectivity index (χ1n) is 18.5. The summed E-state index contributed by atoms with van der Waals surface area (Å²) >= 11 is 0. The van der Waals surface area contributed by atoms with Crippen molar-refractivity contribution in [2.75, 3.05) is 0 Å². The summed E-state index contributed by atoms with van der Waals surface area (Å²) in [6.45, 7) is 0. The fourth-order valence-corrected chi connectivity index (χ4v) is 8.50. The average molecular weight is 698 g/mol. The summed E-state index contributed by atoms with van der Waals surface area (Å²) in [5, 5.41) is 6.03. The molecule has 56 heavy (non-hydrogen) atoms. The maximum atomic E-state index is 6.75. The number of fused-ring (bicyclic) bond motifs is 5. The van der Waals surface area contributed by atoms with Crippen LogP contribution in [0.5, 0.6) is 0 Å². The van der Waals surface area contributed by atoms with E-state index >= 15 is 0 Å². The van der Waals surface area contributed by atoms with Crippen LogP contribution in [0.2, 0.25) is 0 Å². The van der Waals surface area contributed by atoms with Gasteiger partial charge in [0.25, 0.3) is 0 Å². The molecule has 0 N–H and O–H groups in total. The van der Waals surface area contributed by atoms with Gasteiger partial charge in [-0.05, 0) is 108 Å². The van der Waals surface area contributed by atoms with Crippen molar-refractivity contribution in [2.24, 2.45) is 0 Å². The summed E-state index contributed by atoms with van der Waals surface area (Å²) in [5.41, 5.74) is 13.2. The van der Waals surface area contributed by atoms with E-state index in [-0.39, 0.29) is 16.4 Å². The van der Waals surface area contributed by atoms with Gasteiger partial charge >= 0.3 is 0 Å². The Hall–Kier alpha value is -6.38. The molecule has 0 aliphatic carbocycles. The summed E-state index contributed by atoms with van der Waals surface area (Å²) < 4.78 is 6.72. The van der Waals surface area contributed by atoms with Crippen LogP contribution in [0.3, 0.4) is 0 Å². The molecule has 0 fully saturated rings. The van der Waals surface area contributed by atoms with E-state index in [1.165, 1.54) is 0 Å². The summed E-state index contributed by atoms with van der Waals surface area (Å²) in [6.07, 6.45) is 0. The van der Waals surface area contributed by atoms with E-state index in [1.54, 1.807) is 0 Å². The molecular weight excluding hydrogens is 671 g/mol. The van der Waals surface area contributed by atoms with Crippen molar-refractivity contribution in [3.63, 3.8) is 0 Å². The Bertz CT molecular complexity index is 3040. The van der Waals surface area contributed by atoms with Crippen LogP contribution in [0.1, 0.15) is 0 Å². The van der Waals surface area contributed by atoms with Crippen molar-refractivity contribution in [1.29, 1.82) is 0 Å². The lowest BCUT2D eigenvalue weighted by Gasteiger charge is -2.25. The predicted molar refractivity (Wildman–Crippen MR) is 243 cm³/mol. The van der Waals surface area contributed by atoms with Crippen LogP contribution in [0.4, 0.5) is 0 Å². The molecule has 10 radical (unpaired) electrons. The number of furan rings is 1. The third kappa shape index (κ3) is 5.31. The fourth-order valence-electron chi connectivity index (χ4n) is 8.50. The number of hydrogen-bond donors (Lipinski definition) is 0. The van der Waals surface area contributed by atoms with Gasteiger partial charge in [-0.15, -0.1) is 16.4 Å². The van der Waals surface area contributed by atoms with E-state index in [9.17, 15) is 0 Å². The van der Waals surface area contributed by atoms with Crippen molar-refractivity contribution in [3.8, 4) is 55.6 Å². The SMILES string of the molecule is [B]c1c([B])c([B])c(-c2c3ccccc3c(-c3cccc4oc5cccc(-c6cc(-c7ccccc7)cc(-c7ccccc7)c6)c5c34)c3ccccc23)c([B])c1[B]. The Morgan fingerprint density at radius 3 is 1.18 bits per heavy atom. The second-order valence-corrected chi connectivity index (χ2v) is 14.3. The van der Waals surface area contributed by atoms with Gasteiger partial charge in [-0.3, -0.25) is 0 Å². The topological polar surface area (TPSA) is 13.1 Å². The molecule has 1 aromatic heterocycles. The maximum absolute atomic E-state index is 6.75. The third-order valence-electron chi connectivity index (χ3n) is 11.1. The molecule has 0 atom stereocenters. The van der Waals surface area contributed by atoms with Gasteiger partial charge in [-0.2, -0.15) is 0 Å². The minimum atomic E-state index is 0.188. The molecule has 0 aliphatic heterocycles. The van der Waals surface area contributed by atoms with Gasteiger partial charge in [0.15, 0.2) is 0 Å². The molecule has 1 nitrogen and oxygen atoms in total. The number of rotatable bonds is 5. The van der Waals surface area contributed by atoms with E-state index in [4.69, 9.17) is 43.6 Å². The molecule has 10 aromatic rings. The van der Waals surface area contributed by atoms with Gasteiger partial charge in [0.1, 0.15) is 50.4 Å². The quantitative estimate of drug-likeness (QED) is 0.131. The van der Waals surface area contributed by atoms with Crippen LogP contribution in [-0.2, 0) is 0 Å². The van der Waals surface area contributed by atoms with Crippen LogP contribution in [-0.4, -0.2) is 39.2 Å². The molecule has 0 unspecified atom stereocenters. The van der Waals surface area contributed by atoms with E-state index in [1.807, 2.05) is 12.1 Å². The highest BCUT2D eigenvalue weighted by molar-refractivity contribution is 6.69. The molecule has 0 spiro atoms. The van der Waals surface area contributed by atoms with Gasteiger partial charge in [0.2, 0.25) is 0 Å². The first kappa shape index (κ1) is 34.1. The van der Waals surface area contributed by atoms with E-state index in [0.717, 1.165) is 93.6 Å². The summed E-state index contributed by atoms with van der Waals surface area (Å²) in [4.78, 5) is 0. The van der Waals surface area contributed by atoms with Crippen molar-refractivity contribution in [2.45, 2.75) is 0 Å². The summed E-state index contributed by atoms with van der Waals surface area (Å²) in [6, 6.07) is 57.2. The Morgan fingerprint density at radius 2 is 0.679 bits per heavy atom. The monoisotopic (exact) mass is 698 g/mol. The van der Waals surface area contributed by atoms with E-state index in [2.05, 4.69) is 152 Å². The van der Waals surface area contributed by atoms with Crippen LogP contribution < -0.4 is 27.3 Å². The molecule has 6 heteroatoms. The minimum Gasteiger partial charge on any atom is -0.456 e. The van der Waals surface area contributed by atoms with Crippen LogP contribution in [0.25, 0.3) is 99.1 Å². The Kier molecular flexibility index (Phi) is 8.19. The predicted octanol–water partition coefficient (Wildman–Crippen LogP) is 8.20. The van der Waals surface area contributed by atoms with Crippen molar-refractivity contribution >= 4 is 110 Å². The van der Waals surface area contributed by atoms with E-state index < -0.39 is 0 Å². The molecule has 10 rings (SSSR count). The first-order valence-corrected chi connectivity index (χ1v) is 18.5. The van der Waals surface area contributed by atoms with E-state index in [0.29, 0.717) is 16.5 Å². The Morgan fingerprint density at radius 1 is 0.286 bits per heavy atom. The second kappa shape index (κ2) is 13.4. The standard InChI is InChI=1S/C50H27B5O/c51-46-45(47(52)49(54)50(55)48(46)53)42-36-19-9-7-17-34(36)41(35-18-8-10-20-37(35)42)38-22-12-24-40-44(38)43-33(21-11-23-39(43)56-40)32-26-30(28-13-3-1-4-14-28)25-31(27-32)29-15-5-2-6-16-29/h1-27H. The molecule has 248 valence electrons. The number of hydrogen-bond acceptors (Lipinski definition) is 1. The van der Waals surface area contributed by atoms with Crippen molar-refractivity contribution in [1.82, 2.24) is 0 Å². The highest BCUT2D eigenvalue weighted by atomic mass is 16.3. The first-order chi connectivity index (χ1) is 27.4. The highest BCUT2D eigenvalue weighted by Gasteiger charge is 2.24. The molecule has 1 heterocycles. The van der Waals surface area contributed by atoms with Gasteiger partial charge in [0, 0.05) is 10.8 Å². The smallest absolute Gasteiger partial charge is 0.136 e. The minimum absolute atomic E-state index is 0.188. The second-order valence-electron chi connectivity index (χ2n) is 14.3. The highest BCUT2D eigenvalue weighted by Crippen LogP contribution is 2.48. The Labute approximate surface area is 332 Å². The van der Waals surface area contributed by atoms with Crippen molar-refractivity contribution < 1.29 is 4.42 Å². The zero-order chi connectivity index (χ0) is 38.1. The van der Waals surface area contributed by atoms with Gasteiger partial charge in [0.05, 0.1) is 0 Å². The average Bonchev–Trinajstić information content (AvgIpc) is 3.65. The number of benzene rings is 9. The lowest BCUT2D eigenvalue weighted by Crippen LogP contribution is -2.55. The zero-order valence-electron chi connectivity index (χ0n) is 30.4. The molecule has 0 amide bonds. The van der Waals surface area contributed by atoms with Crippen LogP contribution in [0, 0.1) is 0 Å². The zero-order valence-corrected chi connectivity index (χ0v) is 30.4. The molecular formula is C50H27B5O. The molecule has 9 aromatic carbocycles. The largest absolute Gasteiger partial charge is 0.456 e. The van der Waals surface area contributed by atoms with Gasteiger partial charge in [-0.25, -0.2) is 0 Å². The lowest BCUT2D eigenvalue weighted by atomic mass is 9.59. The Balaban J connectivity index is 1.31. The molecule has 0 bridgehead atoms. The molecule has 0 aliphatic rings. The van der Waals surface area contributed by atoms with Gasteiger partial charge < -0.3 is 4.42 Å². The lowest BCUT2D eigenvalue weighted by molar-refractivity contribution is 0.669. The molecule has 0 saturated heterocycles. The summed E-state index contributed by atoms with van der Waals surface area (Å²) in [5.74, 6) is 0. The maximum Gasteiger partial charge on any atom is 0.136 e. The van der Waals surface area contributed by atoms with Crippen LogP contribution in [0.15, 0.2) is 168 Å². The fraction of sp³-hybridized carbons (Fsp3) is 0. The summed E-state index contributed by atoms with van der Waals surface area (Å²) in [7, 11) is 32.7. The van der Waals surface area contributed by atoms with Crippen molar-refractivity contribution in [3.05, 3.63) is 164 Å². The molecule has 0 saturated carbocycles. The van der Waals surface area contributed by atoms with Gasteiger partial charge in [-0.1, -0.05) is 144 Å². The van der Waals surface area contributed by atoms with Crippen LogP contribution >= 0.6 is 0 Å².